The van der Waals surface area contributed by atoms with Gasteiger partial charge in [0.05, 0.1) is 0 Å². The normalized spacial score (nSPS) is 10.1. The molecule has 0 aliphatic heterocycles. The van der Waals surface area contributed by atoms with Crippen LogP contribution in [0.25, 0.3) is 0 Å². The van der Waals surface area contributed by atoms with Gasteiger partial charge in [-0.15, -0.1) is 0 Å². The summed E-state index contributed by atoms with van der Waals surface area (Å²) in [6.45, 7) is 7.88. The molecule has 0 aliphatic rings. The van der Waals surface area contributed by atoms with Gasteiger partial charge in [-0.1, -0.05) is 36.4 Å². The summed E-state index contributed by atoms with van der Waals surface area (Å²) < 4.78 is 34.1. The molecule has 6 N–H and O–H groups in total. The number of para-hydroxylation sites is 2. The molecule has 13 heteroatoms. The van der Waals surface area contributed by atoms with Crippen molar-refractivity contribution in [1.29, 1.82) is 0 Å². The number of carbonyl (C=O) groups excluding carboxylic acids is 2. The Morgan fingerprint density at radius 2 is 0.902 bits per heavy atom. The van der Waals surface area contributed by atoms with Gasteiger partial charge in [-0.3, -0.25) is 8.42 Å². The number of nitrogens with one attached hydrogen (secondary N) is 6. The summed E-state index contributed by atoms with van der Waals surface area (Å²) >= 11 is 0. The fourth-order valence-corrected chi connectivity index (χ4v) is 3.52. The molecule has 4 rings (SSSR count). The summed E-state index contributed by atoms with van der Waals surface area (Å²) in [5.74, 6) is 0. The van der Waals surface area contributed by atoms with Crippen molar-refractivity contribution in [1.82, 2.24) is 0 Å². The van der Waals surface area contributed by atoms with Crippen molar-refractivity contribution in [2.75, 3.05) is 21.3 Å². The first-order valence-electron chi connectivity index (χ1n) is 12.2. The van der Waals surface area contributed by atoms with E-state index in [1.54, 1.807) is 24.8 Å². The summed E-state index contributed by atoms with van der Waals surface area (Å²) in [6.07, 6.45) is 7.03. The monoisotopic (exact) mass is 580 g/mol. The molecular weight excluding hydrogens is 548 g/mol. The zero-order valence-electron chi connectivity index (χ0n) is 22.9. The van der Waals surface area contributed by atoms with Crippen LogP contribution in [0.5, 0.6) is 0 Å². The van der Waals surface area contributed by atoms with Crippen LogP contribution in [-0.2, 0) is 10.4 Å². The number of amides is 4. The van der Waals surface area contributed by atoms with E-state index in [0.29, 0.717) is 0 Å². The van der Waals surface area contributed by atoms with Crippen LogP contribution in [-0.4, -0.2) is 29.6 Å². The first kappa shape index (κ1) is 32.4. The summed E-state index contributed by atoms with van der Waals surface area (Å²) in [5, 5.41) is 11.3. The van der Waals surface area contributed by atoms with Crippen molar-refractivity contribution in [2.45, 2.75) is 27.7 Å². The number of aromatic amines is 2. The lowest BCUT2D eigenvalue weighted by Crippen LogP contribution is -2.21. The molecule has 2 aromatic heterocycles. The lowest BCUT2D eigenvalue weighted by atomic mass is 10.1. The second kappa shape index (κ2) is 15.7. The molecule has 0 bridgehead atoms. The van der Waals surface area contributed by atoms with Gasteiger partial charge >= 0.3 is 12.1 Å². The van der Waals surface area contributed by atoms with Crippen molar-refractivity contribution in [3.63, 3.8) is 0 Å². The third-order valence-corrected chi connectivity index (χ3v) is 5.37. The van der Waals surface area contributed by atoms with E-state index in [2.05, 4.69) is 31.2 Å². The zero-order chi connectivity index (χ0) is 30.4. The Morgan fingerprint density at radius 1 is 0.585 bits per heavy atom. The molecule has 4 aromatic rings. The highest BCUT2D eigenvalue weighted by Crippen LogP contribution is 2.20. The van der Waals surface area contributed by atoms with Gasteiger partial charge in [-0.05, 0) is 62.1 Å². The Kier molecular flexibility index (Phi) is 12.4. The van der Waals surface area contributed by atoms with Crippen LogP contribution in [0.15, 0.2) is 85.5 Å². The molecule has 41 heavy (non-hydrogen) atoms. The van der Waals surface area contributed by atoms with Crippen LogP contribution in [0.4, 0.5) is 32.3 Å². The Labute approximate surface area is 238 Å². The van der Waals surface area contributed by atoms with E-state index in [4.69, 9.17) is 17.5 Å². The van der Waals surface area contributed by atoms with Gasteiger partial charge in [-0.2, -0.15) is 0 Å². The number of urea groups is 2. The number of anilines is 4. The molecule has 2 aromatic carbocycles. The quantitative estimate of drug-likeness (QED) is 0.207. The smallest absolute Gasteiger partial charge is 0.323 e. The molecule has 4 amide bonds. The third-order valence-electron chi connectivity index (χ3n) is 5.37. The summed E-state index contributed by atoms with van der Waals surface area (Å²) in [5.41, 5.74) is 7.34. The second-order valence-electron chi connectivity index (χ2n) is 8.68. The Bertz CT molecular complexity index is 1400. The molecule has 0 radical (unpaired) electrons. The maximum absolute atomic E-state index is 11.9. The van der Waals surface area contributed by atoms with Crippen molar-refractivity contribution < 1.29 is 37.1 Å². The van der Waals surface area contributed by atoms with Gasteiger partial charge in [0, 0.05) is 33.9 Å². The van der Waals surface area contributed by atoms with Crippen LogP contribution in [0.1, 0.15) is 22.3 Å². The second-order valence-corrected chi connectivity index (χ2v) is 9.50. The number of pyridine rings is 2. The molecule has 0 saturated heterocycles. The number of rotatable bonds is 4. The SMILES string of the molecule is Cc1cccc(C)c1NC(=O)Nc1ccc[nH+]c1.Cc1cccc(C)c1NC(=O)Nc1ccc[nH+]c1.O=S(=O)([O-])[O-]. The molecule has 0 spiro atoms. The minimum atomic E-state index is -5.17. The van der Waals surface area contributed by atoms with E-state index in [9.17, 15) is 9.59 Å². The van der Waals surface area contributed by atoms with E-state index < -0.39 is 10.4 Å². The molecule has 0 aliphatic carbocycles. The zero-order valence-corrected chi connectivity index (χ0v) is 23.8. The number of aryl methyl sites for hydroxylation is 4. The van der Waals surface area contributed by atoms with Gasteiger partial charge in [0.1, 0.15) is 11.4 Å². The lowest BCUT2D eigenvalue weighted by molar-refractivity contribution is -0.377. The minimum absolute atomic E-state index is 0.244. The number of H-pyrrole nitrogens is 2. The maximum Gasteiger partial charge on any atom is 0.323 e. The fraction of sp³-hybridized carbons (Fsp3) is 0.143. The molecule has 2 heterocycles. The number of hydrogen-bond acceptors (Lipinski definition) is 6. The van der Waals surface area contributed by atoms with E-state index in [1.165, 1.54) is 0 Å². The minimum Gasteiger partial charge on any atom is -0.759 e. The van der Waals surface area contributed by atoms with E-state index in [0.717, 1.165) is 45.0 Å². The largest absolute Gasteiger partial charge is 0.759 e. The summed E-state index contributed by atoms with van der Waals surface area (Å²) in [7, 11) is -5.17. The van der Waals surface area contributed by atoms with E-state index in [-0.39, 0.29) is 12.1 Å². The van der Waals surface area contributed by atoms with Crippen LogP contribution in [0, 0.1) is 27.7 Å². The maximum atomic E-state index is 11.9. The van der Waals surface area contributed by atoms with Gasteiger partial charge in [0.2, 0.25) is 0 Å². The highest BCUT2D eigenvalue weighted by Gasteiger charge is 2.09. The summed E-state index contributed by atoms with van der Waals surface area (Å²) in [6, 6.07) is 18.6. The van der Waals surface area contributed by atoms with Crippen LogP contribution >= 0.6 is 0 Å². The van der Waals surface area contributed by atoms with Gasteiger partial charge < -0.3 is 30.4 Å². The Morgan fingerprint density at radius 3 is 1.17 bits per heavy atom. The fourth-order valence-electron chi connectivity index (χ4n) is 3.52. The number of carbonyl (C=O) groups is 2. The van der Waals surface area contributed by atoms with Crippen molar-refractivity contribution in [2.24, 2.45) is 0 Å². The molecular formula is C28H32N6O6S. The van der Waals surface area contributed by atoms with Crippen molar-refractivity contribution in [3.8, 4) is 0 Å². The molecule has 12 nitrogen and oxygen atoms in total. The highest BCUT2D eigenvalue weighted by molar-refractivity contribution is 7.79. The third kappa shape index (κ3) is 12.7. The topological polar surface area (TPSA) is 191 Å². The highest BCUT2D eigenvalue weighted by atomic mass is 32.3. The molecule has 0 unspecified atom stereocenters. The van der Waals surface area contributed by atoms with Crippen LogP contribution in [0.2, 0.25) is 0 Å². The molecule has 0 atom stereocenters. The number of benzene rings is 2. The average Bonchev–Trinajstić information content (AvgIpc) is 2.89. The van der Waals surface area contributed by atoms with E-state index in [1.807, 2.05) is 88.4 Å². The van der Waals surface area contributed by atoms with Crippen LogP contribution in [0.3, 0.4) is 0 Å². The molecule has 216 valence electrons. The standard InChI is InChI=1S/2C14H15N3O.H2O4S/c2*1-10-5-3-6-11(2)13(10)17-14(18)16-12-7-4-8-15-9-12;1-5(2,3)4/h2*3-9H,1-2H3,(H2,16,17,18);(H2,1,2,3,4). The lowest BCUT2D eigenvalue weighted by Gasteiger charge is -2.11. The molecule has 0 saturated carbocycles. The number of aromatic nitrogens is 2. The van der Waals surface area contributed by atoms with Gasteiger partial charge in [0.15, 0.2) is 24.8 Å². The first-order chi connectivity index (χ1) is 19.3. The first-order valence-corrected chi connectivity index (χ1v) is 13.5. The van der Waals surface area contributed by atoms with Crippen LogP contribution < -0.4 is 31.2 Å². The van der Waals surface area contributed by atoms with Gasteiger partial charge in [-0.25, -0.2) is 19.6 Å². The predicted molar refractivity (Wildman–Crippen MR) is 154 cm³/mol. The van der Waals surface area contributed by atoms with Crippen molar-refractivity contribution >= 4 is 45.2 Å². The van der Waals surface area contributed by atoms with E-state index >= 15 is 0 Å². The van der Waals surface area contributed by atoms with Crippen molar-refractivity contribution in [3.05, 3.63) is 108 Å². The van der Waals surface area contributed by atoms with Gasteiger partial charge in [0.25, 0.3) is 0 Å². The Hall–Kier alpha value is -4.85. The average molecular weight is 581 g/mol. The molecule has 0 fully saturated rings. The summed E-state index contributed by atoms with van der Waals surface area (Å²) in [4.78, 5) is 29.5. The number of hydrogen-bond donors (Lipinski definition) is 4. The Balaban J connectivity index is 0.000000247. The predicted octanol–water partition coefficient (Wildman–Crippen LogP) is 4.19.